The lowest BCUT2D eigenvalue weighted by Gasteiger charge is -2.18. The number of hydrogen-bond donors (Lipinski definition) is 1. The number of rotatable bonds is 2. The van der Waals surface area contributed by atoms with Crippen molar-refractivity contribution in [1.82, 2.24) is 4.90 Å². The predicted octanol–water partition coefficient (Wildman–Crippen LogP) is 1.81. The van der Waals surface area contributed by atoms with E-state index in [0.29, 0.717) is 19.5 Å². The number of amides is 1. The molecule has 1 N–H and O–H groups in total. The molecule has 98 valence electrons. The molecule has 0 saturated carbocycles. The Kier molecular flexibility index (Phi) is 3.61. The first-order valence-electron chi connectivity index (χ1n) is 5.92. The maximum Gasteiger partial charge on any atom is 0.259 e. The Balaban J connectivity index is 2.18. The number of aliphatic hydroxyl groups is 1. The van der Waals surface area contributed by atoms with Crippen molar-refractivity contribution in [3.63, 3.8) is 0 Å². The monoisotopic (exact) mass is 255 g/mol. The van der Waals surface area contributed by atoms with Crippen LogP contribution in [0.2, 0.25) is 0 Å². The fraction of sp³-hybridized carbons (Fsp3) is 0.462. The van der Waals surface area contributed by atoms with Crippen LogP contribution in [0.1, 0.15) is 23.7 Å². The number of carbonyl (C=O) groups excluding carboxylic acids is 1. The van der Waals surface area contributed by atoms with E-state index in [2.05, 4.69) is 0 Å². The zero-order valence-electron chi connectivity index (χ0n) is 10.1. The van der Waals surface area contributed by atoms with Crippen LogP contribution in [0, 0.1) is 17.6 Å². The average molecular weight is 255 g/mol. The van der Waals surface area contributed by atoms with Crippen LogP contribution in [0.25, 0.3) is 0 Å². The molecule has 1 aromatic rings. The molecule has 0 bridgehead atoms. The molecular formula is C13H15F2NO2. The second-order valence-electron chi connectivity index (χ2n) is 4.64. The Morgan fingerprint density at radius 3 is 2.56 bits per heavy atom. The summed E-state index contributed by atoms with van der Waals surface area (Å²) >= 11 is 0. The zero-order chi connectivity index (χ0) is 13.3. The van der Waals surface area contributed by atoms with Gasteiger partial charge in [0.1, 0.15) is 17.2 Å². The molecule has 0 radical (unpaired) electrons. The standard InChI is InChI=1S/C13H15F2NO2/c1-8(17)9-5-6-16(7-9)13(18)12-10(14)3-2-4-11(12)15/h2-4,8-9,17H,5-7H2,1H3. The Bertz CT molecular complexity index is 442. The van der Waals surface area contributed by atoms with E-state index in [-0.39, 0.29) is 5.92 Å². The van der Waals surface area contributed by atoms with Crippen molar-refractivity contribution >= 4 is 5.91 Å². The lowest BCUT2D eigenvalue weighted by atomic mass is 10.0. The molecular weight excluding hydrogens is 240 g/mol. The van der Waals surface area contributed by atoms with Crippen molar-refractivity contribution in [2.75, 3.05) is 13.1 Å². The molecule has 5 heteroatoms. The molecule has 2 rings (SSSR count). The van der Waals surface area contributed by atoms with E-state index < -0.39 is 29.2 Å². The molecule has 0 aliphatic carbocycles. The fourth-order valence-corrected chi connectivity index (χ4v) is 2.23. The molecule has 1 heterocycles. The summed E-state index contributed by atoms with van der Waals surface area (Å²) in [6, 6.07) is 3.36. The van der Waals surface area contributed by atoms with Crippen LogP contribution in [0.3, 0.4) is 0 Å². The summed E-state index contributed by atoms with van der Waals surface area (Å²) in [5, 5.41) is 9.45. The highest BCUT2D eigenvalue weighted by atomic mass is 19.1. The largest absolute Gasteiger partial charge is 0.393 e. The smallest absolute Gasteiger partial charge is 0.259 e. The maximum absolute atomic E-state index is 13.5. The Hall–Kier alpha value is -1.49. The molecule has 1 saturated heterocycles. The van der Waals surface area contributed by atoms with Crippen molar-refractivity contribution in [1.29, 1.82) is 0 Å². The average Bonchev–Trinajstić information content (AvgIpc) is 2.77. The fourth-order valence-electron chi connectivity index (χ4n) is 2.23. The molecule has 18 heavy (non-hydrogen) atoms. The summed E-state index contributed by atoms with van der Waals surface area (Å²) in [4.78, 5) is 13.4. The Morgan fingerprint density at radius 1 is 1.44 bits per heavy atom. The maximum atomic E-state index is 13.5. The Labute approximate surface area is 104 Å². The van der Waals surface area contributed by atoms with Gasteiger partial charge in [-0.25, -0.2) is 8.78 Å². The number of aliphatic hydroxyl groups excluding tert-OH is 1. The first-order chi connectivity index (χ1) is 8.50. The van der Waals surface area contributed by atoms with Gasteiger partial charge in [-0.15, -0.1) is 0 Å². The quantitative estimate of drug-likeness (QED) is 0.875. The summed E-state index contributed by atoms with van der Waals surface area (Å²) in [5.41, 5.74) is -0.510. The second kappa shape index (κ2) is 5.02. The summed E-state index contributed by atoms with van der Waals surface area (Å²) in [6.45, 7) is 2.41. The lowest BCUT2D eigenvalue weighted by molar-refractivity contribution is 0.0753. The SMILES string of the molecule is CC(O)C1CCN(C(=O)c2c(F)cccc2F)C1. The Morgan fingerprint density at radius 2 is 2.06 bits per heavy atom. The van der Waals surface area contributed by atoms with Crippen molar-refractivity contribution < 1.29 is 18.7 Å². The minimum absolute atomic E-state index is 0.0243. The van der Waals surface area contributed by atoms with Crippen molar-refractivity contribution in [2.24, 2.45) is 5.92 Å². The molecule has 0 aromatic heterocycles. The number of likely N-dealkylation sites (tertiary alicyclic amines) is 1. The minimum Gasteiger partial charge on any atom is -0.393 e. The number of carbonyl (C=O) groups is 1. The summed E-state index contributed by atoms with van der Waals surface area (Å²) in [6.07, 6.45) is 0.132. The van der Waals surface area contributed by atoms with Crippen molar-refractivity contribution in [3.8, 4) is 0 Å². The third-order valence-electron chi connectivity index (χ3n) is 3.37. The van der Waals surface area contributed by atoms with E-state index in [9.17, 15) is 18.7 Å². The van der Waals surface area contributed by atoms with Gasteiger partial charge in [0, 0.05) is 19.0 Å². The van der Waals surface area contributed by atoms with E-state index >= 15 is 0 Å². The molecule has 1 aliphatic rings. The van der Waals surface area contributed by atoms with Crippen LogP contribution in [-0.4, -0.2) is 35.1 Å². The lowest BCUT2D eigenvalue weighted by Crippen LogP contribution is -2.31. The molecule has 1 aliphatic heterocycles. The number of halogens is 2. The van der Waals surface area contributed by atoms with Gasteiger partial charge in [-0.05, 0) is 25.5 Å². The van der Waals surface area contributed by atoms with Crippen LogP contribution < -0.4 is 0 Å². The van der Waals surface area contributed by atoms with Crippen LogP contribution in [-0.2, 0) is 0 Å². The van der Waals surface area contributed by atoms with Crippen LogP contribution in [0.15, 0.2) is 18.2 Å². The van der Waals surface area contributed by atoms with Gasteiger partial charge in [-0.2, -0.15) is 0 Å². The third kappa shape index (κ3) is 2.36. The highest BCUT2D eigenvalue weighted by Gasteiger charge is 2.31. The van der Waals surface area contributed by atoms with Crippen LogP contribution in [0.5, 0.6) is 0 Å². The first kappa shape index (κ1) is 13.0. The molecule has 1 aromatic carbocycles. The van der Waals surface area contributed by atoms with Gasteiger partial charge >= 0.3 is 0 Å². The summed E-state index contributed by atoms with van der Waals surface area (Å²) in [5.74, 6) is -2.36. The van der Waals surface area contributed by atoms with Crippen LogP contribution in [0.4, 0.5) is 8.78 Å². The normalized spacial score (nSPS) is 21.1. The summed E-state index contributed by atoms with van der Waals surface area (Å²) < 4.78 is 26.9. The van der Waals surface area contributed by atoms with Gasteiger partial charge in [0.15, 0.2) is 0 Å². The van der Waals surface area contributed by atoms with Gasteiger partial charge in [-0.1, -0.05) is 6.07 Å². The van der Waals surface area contributed by atoms with E-state index in [1.165, 1.54) is 11.0 Å². The summed E-state index contributed by atoms with van der Waals surface area (Å²) in [7, 11) is 0. The molecule has 2 unspecified atom stereocenters. The second-order valence-corrected chi connectivity index (χ2v) is 4.64. The highest BCUT2D eigenvalue weighted by molar-refractivity contribution is 5.94. The van der Waals surface area contributed by atoms with E-state index in [0.717, 1.165) is 12.1 Å². The van der Waals surface area contributed by atoms with Gasteiger partial charge in [-0.3, -0.25) is 4.79 Å². The zero-order valence-corrected chi connectivity index (χ0v) is 10.1. The molecule has 1 amide bonds. The number of benzene rings is 1. The van der Waals surface area contributed by atoms with Crippen molar-refractivity contribution in [3.05, 3.63) is 35.4 Å². The van der Waals surface area contributed by atoms with Gasteiger partial charge in [0.2, 0.25) is 0 Å². The number of nitrogens with zero attached hydrogens (tertiary/aromatic N) is 1. The van der Waals surface area contributed by atoms with Gasteiger partial charge < -0.3 is 10.0 Å². The molecule has 1 fully saturated rings. The minimum atomic E-state index is -0.847. The number of hydrogen-bond acceptors (Lipinski definition) is 2. The third-order valence-corrected chi connectivity index (χ3v) is 3.37. The van der Waals surface area contributed by atoms with E-state index in [1.54, 1.807) is 6.92 Å². The van der Waals surface area contributed by atoms with Crippen LogP contribution >= 0.6 is 0 Å². The highest BCUT2D eigenvalue weighted by Crippen LogP contribution is 2.23. The van der Waals surface area contributed by atoms with E-state index in [4.69, 9.17) is 0 Å². The first-order valence-corrected chi connectivity index (χ1v) is 5.92. The predicted molar refractivity (Wildman–Crippen MR) is 62.0 cm³/mol. The van der Waals surface area contributed by atoms with Gasteiger partial charge in [0.25, 0.3) is 5.91 Å². The topological polar surface area (TPSA) is 40.5 Å². The molecule has 0 spiro atoms. The van der Waals surface area contributed by atoms with E-state index in [1.807, 2.05) is 0 Å². The molecule has 3 nitrogen and oxygen atoms in total. The van der Waals surface area contributed by atoms with Crippen molar-refractivity contribution in [2.45, 2.75) is 19.4 Å². The molecule has 2 atom stereocenters. The van der Waals surface area contributed by atoms with Gasteiger partial charge in [0.05, 0.1) is 6.10 Å².